The van der Waals surface area contributed by atoms with Crippen molar-refractivity contribution in [3.63, 3.8) is 0 Å². The van der Waals surface area contributed by atoms with Crippen molar-refractivity contribution in [3.8, 4) is 0 Å². The third-order valence-corrected chi connectivity index (χ3v) is 2.95. The van der Waals surface area contributed by atoms with E-state index in [9.17, 15) is 0 Å². The molecule has 0 saturated carbocycles. The minimum atomic E-state index is 0.816. The highest BCUT2D eigenvalue weighted by Gasteiger charge is 2.17. The van der Waals surface area contributed by atoms with Crippen LogP contribution < -0.4 is 5.32 Å². The molecule has 3 nitrogen and oxygen atoms in total. The summed E-state index contributed by atoms with van der Waals surface area (Å²) in [5.74, 6) is 0.816. The number of nitrogens with one attached hydrogen (secondary N) is 1. The molecule has 0 bridgehead atoms. The van der Waals surface area contributed by atoms with Crippen LogP contribution in [0.25, 0.3) is 0 Å². The Morgan fingerprint density at radius 3 is 3.14 bits per heavy atom. The predicted octanol–water partition coefficient (Wildman–Crippen LogP) is 1.36. The molecule has 0 amide bonds. The van der Waals surface area contributed by atoms with Crippen LogP contribution in [0.2, 0.25) is 0 Å². The lowest BCUT2D eigenvalue weighted by atomic mass is 10.0. The van der Waals surface area contributed by atoms with E-state index in [-0.39, 0.29) is 0 Å². The van der Waals surface area contributed by atoms with E-state index in [0.717, 1.165) is 18.2 Å². The molecule has 0 radical (unpaired) electrons. The summed E-state index contributed by atoms with van der Waals surface area (Å²) in [6.07, 6.45) is 2.50. The molecule has 1 aliphatic rings. The number of nitrogens with zero attached hydrogens (tertiary/aromatic N) is 2. The van der Waals surface area contributed by atoms with Gasteiger partial charge in [0, 0.05) is 12.2 Å². The second-order valence-corrected chi connectivity index (χ2v) is 4.16. The fourth-order valence-corrected chi connectivity index (χ4v) is 2.22. The Kier molecular flexibility index (Phi) is 2.87. The van der Waals surface area contributed by atoms with Crippen molar-refractivity contribution in [3.05, 3.63) is 17.5 Å². The first-order chi connectivity index (χ1) is 6.79. The fraction of sp³-hybridized carbons (Fsp3) is 0.727. The molecule has 1 saturated heterocycles. The Bertz CT molecular complexity index is 297. The first kappa shape index (κ1) is 9.71. The maximum Gasteiger partial charge on any atom is 0.0596 e. The lowest BCUT2D eigenvalue weighted by Gasteiger charge is -2.09. The van der Waals surface area contributed by atoms with Gasteiger partial charge in [-0.05, 0) is 51.8 Å². The van der Waals surface area contributed by atoms with Crippen LogP contribution in [0, 0.1) is 12.8 Å². The van der Waals surface area contributed by atoms with Gasteiger partial charge in [-0.1, -0.05) is 0 Å². The first-order valence-corrected chi connectivity index (χ1v) is 5.53. The van der Waals surface area contributed by atoms with Crippen LogP contribution in [0.15, 0.2) is 6.07 Å². The lowest BCUT2D eigenvalue weighted by molar-refractivity contribution is 0.529. The highest BCUT2D eigenvalue weighted by molar-refractivity contribution is 5.10. The van der Waals surface area contributed by atoms with Crippen LogP contribution in [-0.4, -0.2) is 22.9 Å². The van der Waals surface area contributed by atoms with Gasteiger partial charge >= 0.3 is 0 Å². The normalized spacial score (nSPS) is 21.7. The van der Waals surface area contributed by atoms with Gasteiger partial charge in [-0.25, -0.2) is 0 Å². The maximum atomic E-state index is 4.47. The summed E-state index contributed by atoms with van der Waals surface area (Å²) in [5.41, 5.74) is 2.55. The Morgan fingerprint density at radius 2 is 2.50 bits per heavy atom. The van der Waals surface area contributed by atoms with E-state index in [0.29, 0.717) is 0 Å². The summed E-state index contributed by atoms with van der Waals surface area (Å²) in [7, 11) is 0. The van der Waals surface area contributed by atoms with Gasteiger partial charge < -0.3 is 5.32 Å². The molecule has 78 valence electrons. The molecule has 1 fully saturated rings. The van der Waals surface area contributed by atoms with Gasteiger partial charge in [0.15, 0.2) is 0 Å². The van der Waals surface area contributed by atoms with Gasteiger partial charge in [-0.2, -0.15) is 5.10 Å². The standard InChI is InChI=1S/C11H19N3/c1-3-14-11(6-9(2)13-14)7-10-4-5-12-8-10/h6,10,12H,3-5,7-8H2,1-2H3. The third kappa shape index (κ3) is 1.98. The highest BCUT2D eigenvalue weighted by Crippen LogP contribution is 2.15. The number of aryl methyl sites for hydroxylation is 2. The molecular formula is C11H19N3. The number of hydrogen-bond donors (Lipinski definition) is 1. The zero-order valence-corrected chi connectivity index (χ0v) is 9.08. The van der Waals surface area contributed by atoms with Gasteiger partial charge in [-0.3, -0.25) is 4.68 Å². The second-order valence-electron chi connectivity index (χ2n) is 4.16. The Morgan fingerprint density at radius 1 is 1.64 bits per heavy atom. The SMILES string of the molecule is CCn1nc(C)cc1CC1CCNC1. The Hall–Kier alpha value is -0.830. The van der Waals surface area contributed by atoms with E-state index in [1.807, 2.05) is 0 Å². The van der Waals surface area contributed by atoms with E-state index < -0.39 is 0 Å². The van der Waals surface area contributed by atoms with Gasteiger partial charge in [0.2, 0.25) is 0 Å². The smallest absolute Gasteiger partial charge is 0.0596 e. The van der Waals surface area contributed by atoms with Crippen LogP contribution >= 0.6 is 0 Å². The quantitative estimate of drug-likeness (QED) is 0.785. The molecule has 1 aromatic heterocycles. The molecule has 1 aromatic rings. The molecule has 0 aliphatic carbocycles. The average molecular weight is 193 g/mol. The van der Waals surface area contributed by atoms with Crippen LogP contribution in [0.4, 0.5) is 0 Å². The largest absolute Gasteiger partial charge is 0.316 e. The fourth-order valence-electron chi connectivity index (χ4n) is 2.22. The molecule has 0 aromatic carbocycles. The number of rotatable bonds is 3. The molecule has 14 heavy (non-hydrogen) atoms. The van der Waals surface area contributed by atoms with Crippen LogP contribution in [-0.2, 0) is 13.0 Å². The van der Waals surface area contributed by atoms with Crippen molar-refractivity contribution in [2.45, 2.75) is 33.2 Å². The summed E-state index contributed by atoms with van der Waals surface area (Å²) in [6, 6.07) is 2.22. The molecule has 1 aliphatic heterocycles. The summed E-state index contributed by atoms with van der Waals surface area (Å²) in [5, 5.41) is 7.87. The highest BCUT2D eigenvalue weighted by atomic mass is 15.3. The monoisotopic (exact) mass is 193 g/mol. The van der Waals surface area contributed by atoms with Crippen LogP contribution in [0.1, 0.15) is 24.7 Å². The summed E-state index contributed by atoms with van der Waals surface area (Å²) in [6.45, 7) is 7.58. The Labute approximate surface area is 85.5 Å². The summed E-state index contributed by atoms with van der Waals surface area (Å²) in [4.78, 5) is 0. The van der Waals surface area contributed by atoms with Gasteiger partial charge in [0.1, 0.15) is 0 Å². The van der Waals surface area contributed by atoms with Crippen molar-refractivity contribution in [1.29, 1.82) is 0 Å². The van der Waals surface area contributed by atoms with E-state index in [1.54, 1.807) is 0 Å². The molecule has 1 atom stereocenters. The van der Waals surface area contributed by atoms with Gasteiger partial charge in [0.25, 0.3) is 0 Å². The number of hydrogen-bond acceptors (Lipinski definition) is 2. The second kappa shape index (κ2) is 4.13. The topological polar surface area (TPSA) is 29.9 Å². The molecule has 1 N–H and O–H groups in total. The van der Waals surface area contributed by atoms with Crippen LogP contribution in [0.5, 0.6) is 0 Å². The lowest BCUT2D eigenvalue weighted by Crippen LogP contribution is -2.13. The molecule has 2 heterocycles. The van der Waals surface area contributed by atoms with Crippen molar-refractivity contribution >= 4 is 0 Å². The minimum absolute atomic E-state index is 0.816. The summed E-state index contributed by atoms with van der Waals surface area (Å²) < 4.78 is 2.13. The van der Waals surface area contributed by atoms with Gasteiger partial charge in [0.05, 0.1) is 5.69 Å². The predicted molar refractivity (Wildman–Crippen MR) is 57.3 cm³/mol. The zero-order valence-electron chi connectivity index (χ0n) is 9.08. The van der Waals surface area contributed by atoms with Gasteiger partial charge in [-0.15, -0.1) is 0 Å². The van der Waals surface area contributed by atoms with Crippen LogP contribution in [0.3, 0.4) is 0 Å². The van der Waals surface area contributed by atoms with E-state index in [2.05, 4.69) is 35.0 Å². The first-order valence-electron chi connectivity index (χ1n) is 5.53. The molecule has 1 unspecified atom stereocenters. The van der Waals surface area contributed by atoms with E-state index in [1.165, 1.54) is 31.6 Å². The Balaban J connectivity index is 2.06. The average Bonchev–Trinajstić information content (AvgIpc) is 2.76. The number of aromatic nitrogens is 2. The van der Waals surface area contributed by atoms with Crippen molar-refractivity contribution in [2.75, 3.05) is 13.1 Å². The minimum Gasteiger partial charge on any atom is -0.316 e. The molecule has 3 heteroatoms. The molecule has 0 spiro atoms. The zero-order chi connectivity index (χ0) is 9.97. The third-order valence-electron chi connectivity index (χ3n) is 2.95. The van der Waals surface area contributed by atoms with E-state index in [4.69, 9.17) is 0 Å². The van der Waals surface area contributed by atoms with Crippen molar-refractivity contribution in [1.82, 2.24) is 15.1 Å². The molecule has 2 rings (SSSR count). The molecular weight excluding hydrogens is 174 g/mol. The summed E-state index contributed by atoms with van der Waals surface area (Å²) >= 11 is 0. The van der Waals surface area contributed by atoms with Crippen molar-refractivity contribution in [2.24, 2.45) is 5.92 Å². The van der Waals surface area contributed by atoms with Crippen molar-refractivity contribution < 1.29 is 0 Å². The maximum absolute atomic E-state index is 4.47. The van der Waals surface area contributed by atoms with E-state index >= 15 is 0 Å².